The highest BCUT2D eigenvalue weighted by molar-refractivity contribution is 5.46. The summed E-state index contributed by atoms with van der Waals surface area (Å²) in [6.07, 6.45) is 0.730. The molecule has 5 heteroatoms. The monoisotopic (exact) mass is 232 g/mol. The molecule has 0 amide bonds. The van der Waals surface area contributed by atoms with Crippen LogP contribution in [0, 0.1) is 6.92 Å². The summed E-state index contributed by atoms with van der Waals surface area (Å²) >= 11 is 0. The summed E-state index contributed by atoms with van der Waals surface area (Å²) in [4.78, 5) is 4.13. The molecule has 0 fully saturated rings. The van der Waals surface area contributed by atoms with Crippen molar-refractivity contribution in [2.75, 3.05) is 12.3 Å². The Bertz CT molecular complexity index is 481. The number of nitrogens with one attached hydrogen (secondary N) is 1. The van der Waals surface area contributed by atoms with Crippen LogP contribution in [0.1, 0.15) is 17.3 Å². The molecule has 5 nitrogen and oxygen atoms in total. The van der Waals surface area contributed by atoms with Crippen molar-refractivity contribution in [1.29, 1.82) is 0 Å². The third-order valence-corrected chi connectivity index (χ3v) is 2.46. The van der Waals surface area contributed by atoms with Gasteiger partial charge in [0.15, 0.2) is 5.82 Å². The van der Waals surface area contributed by atoms with Gasteiger partial charge in [-0.15, -0.1) is 0 Å². The van der Waals surface area contributed by atoms with E-state index in [-0.39, 0.29) is 0 Å². The number of nitrogen functional groups attached to an aromatic ring is 1. The molecule has 0 saturated heterocycles. The van der Waals surface area contributed by atoms with Gasteiger partial charge in [-0.1, -0.05) is 23.4 Å². The molecule has 90 valence electrons. The molecule has 1 heterocycles. The molecule has 0 atom stereocenters. The first kappa shape index (κ1) is 11.6. The summed E-state index contributed by atoms with van der Waals surface area (Å²) in [6, 6.07) is 7.83. The minimum atomic E-state index is 0.663. The van der Waals surface area contributed by atoms with Crippen molar-refractivity contribution in [1.82, 2.24) is 15.5 Å². The highest BCUT2D eigenvalue weighted by atomic mass is 16.5. The fourth-order valence-corrected chi connectivity index (χ4v) is 1.56. The van der Waals surface area contributed by atoms with Gasteiger partial charge >= 0.3 is 0 Å². The van der Waals surface area contributed by atoms with Crippen LogP contribution in [-0.2, 0) is 13.0 Å². The number of rotatable bonds is 5. The van der Waals surface area contributed by atoms with Crippen LogP contribution < -0.4 is 11.1 Å². The normalized spacial score (nSPS) is 10.6. The van der Waals surface area contributed by atoms with E-state index < -0.39 is 0 Å². The van der Waals surface area contributed by atoms with E-state index in [9.17, 15) is 0 Å². The summed E-state index contributed by atoms with van der Waals surface area (Å²) in [5.41, 5.74) is 7.76. The van der Waals surface area contributed by atoms with Crippen LogP contribution in [0.4, 0.5) is 5.69 Å². The number of para-hydroxylation sites is 1. The number of hydrogen-bond acceptors (Lipinski definition) is 5. The first-order chi connectivity index (χ1) is 8.25. The molecule has 1 aromatic carbocycles. The largest absolute Gasteiger partial charge is 0.398 e. The zero-order chi connectivity index (χ0) is 12.1. The topological polar surface area (TPSA) is 77.0 Å². The Kier molecular flexibility index (Phi) is 3.72. The predicted molar refractivity (Wildman–Crippen MR) is 65.3 cm³/mol. The molecule has 1 aromatic heterocycles. The molecule has 0 aliphatic carbocycles. The molecule has 0 aliphatic heterocycles. The lowest BCUT2D eigenvalue weighted by Gasteiger charge is -2.05. The third-order valence-electron chi connectivity index (χ3n) is 2.46. The second kappa shape index (κ2) is 5.45. The maximum Gasteiger partial charge on any atom is 0.227 e. The Labute approximate surface area is 100 Å². The minimum absolute atomic E-state index is 0.663. The zero-order valence-electron chi connectivity index (χ0n) is 9.81. The van der Waals surface area contributed by atoms with E-state index in [4.69, 9.17) is 10.3 Å². The highest BCUT2D eigenvalue weighted by Crippen LogP contribution is 2.09. The Morgan fingerprint density at radius 3 is 2.88 bits per heavy atom. The number of nitrogens with two attached hydrogens (primary N) is 1. The Hall–Kier alpha value is -1.88. The Morgan fingerprint density at radius 1 is 1.35 bits per heavy atom. The van der Waals surface area contributed by atoms with Gasteiger partial charge < -0.3 is 15.6 Å². The number of hydrogen-bond donors (Lipinski definition) is 2. The lowest BCUT2D eigenvalue weighted by molar-refractivity contribution is 0.372. The van der Waals surface area contributed by atoms with E-state index in [2.05, 4.69) is 15.5 Å². The van der Waals surface area contributed by atoms with Crippen LogP contribution >= 0.6 is 0 Å². The van der Waals surface area contributed by atoms with Crippen molar-refractivity contribution in [3.05, 3.63) is 41.5 Å². The van der Waals surface area contributed by atoms with Crippen molar-refractivity contribution in [2.45, 2.75) is 19.9 Å². The molecule has 17 heavy (non-hydrogen) atoms. The molecule has 0 saturated carbocycles. The van der Waals surface area contributed by atoms with Gasteiger partial charge in [0.1, 0.15) is 0 Å². The van der Waals surface area contributed by atoms with E-state index in [0.29, 0.717) is 11.7 Å². The first-order valence-corrected chi connectivity index (χ1v) is 5.59. The van der Waals surface area contributed by atoms with E-state index >= 15 is 0 Å². The number of benzene rings is 1. The third kappa shape index (κ3) is 3.29. The smallest absolute Gasteiger partial charge is 0.227 e. The van der Waals surface area contributed by atoms with Crippen molar-refractivity contribution < 1.29 is 4.52 Å². The molecular formula is C12H16N4O. The second-order valence-corrected chi connectivity index (χ2v) is 3.86. The van der Waals surface area contributed by atoms with Crippen LogP contribution in [0.25, 0.3) is 0 Å². The van der Waals surface area contributed by atoms with Gasteiger partial charge in [0, 0.05) is 25.2 Å². The predicted octanol–water partition coefficient (Wildman–Crippen LogP) is 1.29. The van der Waals surface area contributed by atoms with E-state index in [1.54, 1.807) is 0 Å². The molecular weight excluding hydrogens is 216 g/mol. The van der Waals surface area contributed by atoms with Gasteiger partial charge in [-0.05, 0) is 18.6 Å². The van der Waals surface area contributed by atoms with E-state index in [1.165, 1.54) is 0 Å². The Morgan fingerprint density at radius 2 is 2.18 bits per heavy atom. The first-order valence-electron chi connectivity index (χ1n) is 5.59. The fraction of sp³-hybridized carbons (Fsp3) is 0.333. The fourth-order valence-electron chi connectivity index (χ4n) is 1.56. The zero-order valence-corrected chi connectivity index (χ0v) is 9.81. The van der Waals surface area contributed by atoms with E-state index in [1.807, 2.05) is 31.2 Å². The second-order valence-electron chi connectivity index (χ2n) is 3.86. The van der Waals surface area contributed by atoms with Gasteiger partial charge in [-0.3, -0.25) is 0 Å². The van der Waals surface area contributed by atoms with Crippen LogP contribution in [0.5, 0.6) is 0 Å². The molecule has 3 N–H and O–H groups in total. The van der Waals surface area contributed by atoms with Gasteiger partial charge in [-0.2, -0.15) is 4.98 Å². The minimum Gasteiger partial charge on any atom is -0.398 e. The number of nitrogens with zero attached hydrogens (tertiary/aromatic N) is 2. The molecule has 0 unspecified atom stereocenters. The molecule has 2 rings (SSSR count). The van der Waals surface area contributed by atoms with Crippen molar-refractivity contribution in [2.24, 2.45) is 0 Å². The molecule has 0 aliphatic rings. The molecule has 0 spiro atoms. The summed E-state index contributed by atoms with van der Waals surface area (Å²) in [6.45, 7) is 3.35. The molecule has 2 aromatic rings. The summed E-state index contributed by atoms with van der Waals surface area (Å²) in [5, 5.41) is 7.03. The quantitative estimate of drug-likeness (QED) is 0.600. The lowest BCUT2D eigenvalue weighted by atomic mass is 10.2. The van der Waals surface area contributed by atoms with E-state index in [0.717, 1.165) is 30.8 Å². The van der Waals surface area contributed by atoms with Crippen LogP contribution in [0.3, 0.4) is 0 Å². The summed E-state index contributed by atoms with van der Waals surface area (Å²) < 4.78 is 5.01. The van der Waals surface area contributed by atoms with Crippen molar-refractivity contribution in [3.8, 4) is 0 Å². The standard InChI is InChI=1S/C12H16N4O/c1-9-15-12(17-16-9)6-7-14-8-10-4-2-3-5-11(10)13/h2-5,14H,6-8,13H2,1H3. The SMILES string of the molecule is Cc1noc(CCNCc2ccccc2N)n1. The van der Waals surface area contributed by atoms with Gasteiger partial charge in [-0.25, -0.2) is 0 Å². The van der Waals surface area contributed by atoms with Crippen LogP contribution in [0.2, 0.25) is 0 Å². The molecule has 0 radical (unpaired) electrons. The van der Waals surface area contributed by atoms with Gasteiger partial charge in [0.25, 0.3) is 0 Å². The average molecular weight is 232 g/mol. The average Bonchev–Trinajstić information content (AvgIpc) is 2.73. The van der Waals surface area contributed by atoms with Crippen molar-refractivity contribution in [3.63, 3.8) is 0 Å². The number of anilines is 1. The number of aryl methyl sites for hydroxylation is 1. The lowest BCUT2D eigenvalue weighted by Crippen LogP contribution is -2.17. The van der Waals surface area contributed by atoms with Crippen molar-refractivity contribution >= 4 is 5.69 Å². The highest BCUT2D eigenvalue weighted by Gasteiger charge is 2.02. The Balaban J connectivity index is 1.75. The van der Waals surface area contributed by atoms with Crippen LogP contribution in [-0.4, -0.2) is 16.7 Å². The maximum absolute atomic E-state index is 5.84. The summed E-state index contributed by atoms with van der Waals surface area (Å²) in [5.74, 6) is 1.34. The van der Waals surface area contributed by atoms with Crippen LogP contribution in [0.15, 0.2) is 28.8 Å². The summed E-state index contributed by atoms with van der Waals surface area (Å²) in [7, 11) is 0. The molecule has 0 bridgehead atoms. The number of aromatic nitrogens is 2. The van der Waals surface area contributed by atoms with Gasteiger partial charge in [0.05, 0.1) is 0 Å². The maximum atomic E-state index is 5.84. The van der Waals surface area contributed by atoms with Gasteiger partial charge in [0.2, 0.25) is 5.89 Å².